The molecule has 3 aromatic carbocycles. The molecule has 0 saturated carbocycles. The molecule has 0 aliphatic carbocycles. The number of nitrogens with two attached hydrogens (primary N) is 2. The molecule has 7 N–H and O–H groups in total. The molecule has 0 atom stereocenters. The van der Waals surface area contributed by atoms with Crippen LogP contribution in [0.2, 0.25) is 0 Å². The van der Waals surface area contributed by atoms with Crippen LogP contribution in [0.5, 0.6) is 11.5 Å². The molecule has 10 heteroatoms. The fraction of sp³-hybridized carbons (Fsp3) is 0.231. The third kappa shape index (κ3) is 10.2. The second-order valence-corrected chi connectivity index (χ2v) is 9.34. The highest BCUT2D eigenvalue weighted by atomic mass is 32.2. The van der Waals surface area contributed by atoms with Crippen LogP contribution >= 0.6 is 0 Å². The average Bonchev–Trinajstić information content (AvgIpc) is 2.84. The Morgan fingerprint density at radius 2 is 1.11 bits per heavy atom. The van der Waals surface area contributed by atoms with E-state index in [1.807, 2.05) is 31.2 Å². The number of unbranched alkanes of at least 4 members (excludes halogenated alkanes) is 2. The summed E-state index contributed by atoms with van der Waals surface area (Å²) in [5.74, 6) is 1.68. The molecule has 0 spiro atoms. The van der Waals surface area contributed by atoms with Gasteiger partial charge in [0.05, 0.1) is 18.1 Å². The Kier molecular flexibility index (Phi) is 10.9. The van der Waals surface area contributed by atoms with E-state index in [2.05, 4.69) is 0 Å². The minimum Gasteiger partial charge on any atom is -0.494 e. The summed E-state index contributed by atoms with van der Waals surface area (Å²) < 4.78 is 40.9. The van der Waals surface area contributed by atoms with E-state index >= 15 is 0 Å². The lowest BCUT2D eigenvalue weighted by Gasteiger charge is -2.08. The number of benzene rings is 3. The summed E-state index contributed by atoms with van der Waals surface area (Å²) in [6.07, 6.45) is 2.90. The van der Waals surface area contributed by atoms with Crippen molar-refractivity contribution in [2.45, 2.75) is 31.1 Å². The maximum atomic E-state index is 10.5. The van der Waals surface area contributed by atoms with Crippen molar-refractivity contribution in [3.8, 4) is 11.5 Å². The van der Waals surface area contributed by atoms with E-state index in [9.17, 15) is 8.42 Å². The lowest BCUT2D eigenvalue weighted by atomic mass is 10.2. The smallest absolute Gasteiger partial charge is 0.294 e. The molecule has 0 amide bonds. The second kappa shape index (κ2) is 13.9. The summed E-state index contributed by atoms with van der Waals surface area (Å²) in [7, 11) is -4.02. The van der Waals surface area contributed by atoms with E-state index in [1.54, 1.807) is 36.4 Å². The van der Waals surface area contributed by atoms with E-state index in [-0.39, 0.29) is 16.6 Å². The molecule has 0 saturated heterocycles. The maximum Gasteiger partial charge on any atom is 0.294 e. The molecule has 0 aliphatic heterocycles. The van der Waals surface area contributed by atoms with Gasteiger partial charge in [0.2, 0.25) is 0 Å². The monoisotopic (exact) mass is 512 g/mol. The molecule has 3 rings (SSSR count). The van der Waals surface area contributed by atoms with Gasteiger partial charge in [-0.2, -0.15) is 8.42 Å². The Labute approximate surface area is 211 Å². The van der Waals surface area contributed by atoms with E-state index < -0.39 is 10.1 Å². The molecule has 9 nitrogen and oxygen atoms in total. The molecule has 0 aromatic heterocycles. The standard InChI is InChI=1S/C19H24N4O2.C7H8O3S/c20-18(21)14-4-8-16(9-5-14)24-12-2-1-3-13-25-17-10-6-15(7-11-17)19(22)23;1-6-2-4-7(5-3-6)11(8,9)10/h4-11H,1-3,12-13H2,(H3,20,21)(H3,22,23);2-5H,1H3,(H,8,9,10). The highest BCUT2D eigenvalue weighted by Gasteiger charge is 2.06. The van der Waals surface area contributed by atoms with Crippen LogP contribution < -0.4 is 20.9 Å². The highest BCUT2D eigenvalue weighted by Crippen LogP contribution is 2.14. The number of ether oxygens (including phenoxy) is 2. The van der Waals surface area contributed by atoms with Crippen LogP contribution in [-0.4, -0.2) is 37.9 Å². The zero-order valence-corrected chi connectivity index (χ0v) is 20.9. The summed E-state index contributed by atoms with van der Waals surface area (Å²) in [5, 5.41) is 14.7. The first kappa shape index (κ1) is 28.3. The van der Waals surface area contributed by atoms with E-state index in [1.165, 1.54) is 12.1 Å². The Morgan fingerprint density at radius 3 is 1.44 bits per heavy atom. The molecule has 0 radical (unpaired) electrons. The SMILES string of the molecule is Cc1ccc(S(=O)(=O)O)cc1.N=C(N)c1ccc(OCCCCCOc2ccc(C(=N)N)cc2)cc1. The summed E-state index contributed by atoms with van der Waals surface area (Å²) in [4.78, 5) is -0.0666. The number of aryl methyl sites for hydroxylation is 1. The van der Waals surface area contributed by atoms with Crippen LogP contribution in [-0.2, 0) is 10.1 Å². The van der Waals surface area contributed by atoms with Crippen LogP contribution in [0.25, 0.3) is 0 Å². The number of nitrogen functional groups attached to an aromatic ring is 2. The topological polar surface area (TPSA) is 173 Å². The Bertz CT molecular complexity index is 1170. The third-order valence-electron chi connectivity index (χ3n) is 4.98. The van der Waals surface area contributed by atoms with Gasteiger partial charge < -0.3 is 20.9 Å². The van der Waals surface area contributed by atoms with Gasteiger partial charge in [-0.3, -0.25) is 15.4 Å². The van der Waals surface area contributed by atoms with Crippen molar-refractivity contribution < 1.29 is 22.4 Å². The molecule has 0 bridgehead atoms. The van der Waals surface area contributed by atoms with Crippen molar-refractivity contribution in [1.29, 1.82) is 10.8 Å². The van der Waals surface area contributed by atoms with Crippen LogP contribution in [0.4, 0.5) is 0 Å². The summed E-state index contributed by atoms with van der Waals surface area (Å²) in [6, 6.07) is 20.4. The first-order valence-electron chi connectivity index (χ1n) is 11.2. The van der Waals surface area contributed by atoms with Gasteiger partial charge in [0.1, 0.15) is 23.2 Å². The van der Waals surface area contributed by atoms with Crippen molar-refractivity contribution in [3.05, 3.63) is 89.5 Å². The van der Waals surface area contributed by atoms with Gasteiger partial charge in [-0.25, -0.2) is 0 Å². The van der Waals surface area contributed by atoms with Crippen molar-refractivity contribution in [2.75, 3.05) is 13.2 Å². The molecular formula is C26H32N4O5S. The number of rotatable bonds is 11. The highest BCUT2D eigenvalue weighted by molar-refractivity contribution is 7.85. The van der Waals surface area contributed by atoms with Gasteiger partial charge in [-0.05, 0) is 86.8 Å². The molecule has 0 unspecified atom stereocenters. The Balaban J connectivity index is 0.000000346. The van der Waals surface area contributed by atoms with Gasteiger partial charge in [-0.1, -0.05) is 17.7 Å². The average molecular weight is 513 g/mol. The van der Waals surface area contributed by atoms with Crippen molar-refractivity contribution in [1.82, 2.24) is 0 Å². The number of nitrogens with one attached hydrogen (secondary N) is 2. The van der Waals surface area contributed by atoms with Crippen molar-refractivity contribution >= 4 is 21.8 Å². The first-order chi connectivity index (χ1) is 17.1. The lowest BCUT2D eigenvalue weighted by molar-refractivity contribution is 0.279. The van der Waals surface area contributed by atoms with Crippen LogP contribution in [0.3, 0.4) is 0 Å². The normalized spacial score (nSPS) is 10.6. The van der Waals surface area contributed by atoms with Crippen LogP contribution in [0.15, 0.2) is 77.7 Å². The molecule has 36 heavy (non-hydrogen) atoms. The molecule has 0 fully saturated rings. The Morgan fingerprint density at radius 1 is 0.722 bits per heavy atom. The molecule has 192 valence electrons. The zero-order chi connectivity index (χ0) is 26.6. The quantitative estimate of drug-likeness (QED) is 0.111. The largest absolute Gasteiger partial charge is 0.494 e. The number of amidine groups is 2. The van der Waals surface area contributed by atoms with Gasteiger partial charge in [-0.15, -0.1) is 0 Å². The van der Waals surface area contributed by atoms with Gasteiger partial charge in [0.15, 0.2) is 0 Å². The minimum atomic E-state index is -4.02. The summed E-state index contributed by atoms with van der Waals surface area (Å²) >= 11 is 0. The summed E-state index contributed by atoms with van der Waals surface area (Å²) in [5.41, 5.74) is 13.2. The maximum absolute atomic E-state index is 10.5. The van der Waals surface area contributed by atoms with E-state index in [0.29, 0.717) is 24.3 Å². The minimum absolute atomic E-state index is 0.0579. The Hall–Kier alpha value is -3.89. The summed E-state index contributed by atoms with van der Waals surface area (Å²) in [6.45, 7) is 3.13. The number of hydrogen-bond donors (Lipinski definition) is 5. The fourth-order valence-corrected chi connectivity index (χ4v) is 3.41. The van der Waals surface area contributed by atoms with Crippen LogP contribution in [0, 0.1) is 17.7 Å². The zero-order valence-electron chi connectivity index (χ0n) is 20.1. The van der Waals surface area contributed by atoms with Crippen LogP contribution in [0.1, 0.15) is 36.0 Å². The first-order valence-corrected chi connectivity index (χ1v) is 12.7. The second-order valence-electron chi connectivity index (χ2n) is 7.92. The molecule has 3 aromatic rings. The third-order valence-corrected chi connectivity index (χ3v) is 5.84. The molecule has 0 heterocycles. The van der Waals surface area contributed by atoms with Gasteiger partial charge in [0.25, 0.3) is 10.1 Å². The fourth-order valence-electron chi connectivity index (χ4n) is 2.93. The van der Waals surface area contributed by atoms with E-state index in [0.717, 1.165) is 36.3 Å². The molecule has 0 aliphatic rings. The van der Waals surface area contributed by atoms with Gasteiger partial charge in [0, 0.05) is 11.1 Å². The number of hydrogen-bond acceptors (Lipinski definition) is 6. The van der Waals surface area contributed by atoms with Crippen molar-refractivity contribution in [2.24, 2.45) is 11.5 Å². The predicted octanol–water partition coefficient (Wildman–Crippen LogP) is 4.12. The lowest BCUT2D eigenvalue weighted by Crippen LogP contribution is -2.10. The van der Waals surface area contributed by atoms with Crippen molar-refractivity contribution in [3.63, 3.8) is 0 Å². The van der Waals surface area contributed by atoms with Gasteiger partial charge >= 0.3 is 0 Å². The molecular weight excluding hydrogens is 480 g/mol. The predicted molar refractivity (Wildman–Crippen MR) is 141 cm³/mol. The van der Waals surface area contributed by atoms with E-state index in [4.69, 9.17) is 36.3 Å².